The third-order valence-corrected chi connectivity index (χ3v) is 2.86. The van der Waals surface area contributed by atoms with Crippen molar-refractivity contribution < 1.29 is 4.79 Å². The molecule has 0 unspecified atom stereocenters. The summed E-state index contributed by atoms with van der Waals surface area (Å²) in [5.41, 5.74) is 4.93. The van der Waals surface area contributed by atoms with E-state index in [1.165, 1.54) is 0 Å². The molecule has 0 aromatic heterocycles. The van der Waals surface area contributed by atoms with E-state index in [0.29, 0.717) is 17.8 Å². The van der Waals surface area contributed by atoms with Crippen LogP contribution in [0.25, 0.3) is 0 Å². The summed E-state index contributed by atoms with van der Waals surface area (Å²) in [6.45, 7) is 0.480. The second-order valence-corrected chi connectivity index (χ2v) is 4.97. The zero-order chi connectivity index (χ0) is 15.1. The van der Waals surface area contributed by atoms with Crippen LogP contribution in [-0.2, 0) is 0 Å². The van der Waals surface area contributed by atoms with Gasteiger partial charge in [0.15, 0.2) is 0 Å². The number of anilines is 1. The van der Waals surface area contributed by atoms with Gasteiger partial charge in [-0.15, -0.1) is 0 Å². The summed E-state index contributed by atoms with van der Waals surface area (Å²) in [6.07, 6.45) is 0. The highest BCUT2D eigenvalue weighted by atomic mass is 16.1. The third-order valence-electron chi connectivity index (χ3n) is 2.86. The Bertz CT molecular complexity index is 606. The van der Waals surface area contributed by atoms with Crippen molar-refractivity contribution in [3.63, 3.8) is 0 Å². The first-order valence-electron chi connectivity index (χ1n) is 6.79. The number of hydrazone groups is 1. The Labute approximate surface area is 125 Å². The van der Waals surface area contributed by atoms with Gasteiger partial charge in [-0.25, -0.2) is 0 Å². The number of nitrogens with one attached hydrogen (secondary N) is 1. The second kappa shape index (κ2) is 7.36. The lowest BCUT2D eigenvalue weighted by Crippen LogP contribution is -2.29. The molecule has 2 aromatic carbocycles. The lowest BCUT2D eigenvalue weighted by Gasteiger charge is -2.12. The Kier molecular flexibility index (Phi) is 5.23. The smallest absolute Gasteiger partial charge is 0.210 e. The summed E-state index contributed by atoms with van der Waals surface area (Å²) >= 11 is 0. The Balaban J connectivity index is 2.20. The third kappa shape index (κ3) is 4.54. The van der Waals surface area contributed by atoms with Gasteiger partial charge in [0.05, 0.1) is 5.69 Å². The highest BCUT2D eigenvalue weighted by Gasteiger charge is 2.14. The van der Waals surface area contributed by atoms with Gasteiger partial charge in [0.1, 0.15) is 5.71 Å². The minimum atomic E-state index is -0.0623. The van der Waals surface area contributed by atoms with Crippen LogP contribution in [0.5, 0.6) is 0 Å². The van der Waals surface area contributed by atoms with Crippen molar-refractivity contribution >= 4 is 17.2 Å². The molecule has 21 heavy (non-hydrogen) atoms. The predicted molar refractivity (Wildman–Crippen MR) is 86.8 cm³/mol. The molecule has 0 aliphatic rings. The van der Waals surface area contributed by atoms with Gasteiger partial charge in [0.25, 0.3) is 0 Å². The van der Waals surface area contributed by atoms with Gasteiger partial charge in [0.2, 0.25) is 5.78 Å². The minimum Gasteiger partial charge on any atom is -0.303 e. The van der Waals surface area contributed by atoms with E-state index >= 15 is 0 Å². The molecule has 108 valence electrons. The van der Waals surface area contributed by atoms with Crippen LogP contribution in [0.15, 0.2) is 65.8 Å². The first-order chi connectivity index (χ1) is 10.2. The second-order valence-electron chi connectivity index (χ2n) is 4.97. The maximum Gasteiger partial charge on any atom is 0.210 e. The first-order valence-corrected chi connectivity index (χ1v) is 6.79. The fraction of sp³-hybridized carbons (Fsp3) is 0.176. The van der Waals surface area contributed by atoms with Gasteiger partial charge < -0.3 is 4.90 Å². The van der Waals surface area contributed by atoms with Crippen LogP contribution in [0.3, 0.4) is 0 Å². The molecule has 0 spiro atoms. The predicted octanol–water partition coefficient (Wildman–Crippen LogP) is 2.90. The molecule has 0 amide bonds. The summed E-state index contributed by atoms with van der Waals surface area (Å²) < 4.78 is 0. The number of ketones is 1. The normalized spacial score (nSPS) is 11.5. The molecule has 0 saturated carbocycles. The number of hydrogen-bond acceptors (Lipinski definition) is 4. The average molecular weight is 281 g/mol. The molecule has 0 bridgehead atoms. The van der Waals surface area contributed by atoms with E-state index in [-0.39, 0.29) is 5.78 Å². The fourth-order valence-corrected chi connectivity index (χ4v) is 1.86. The molecule has 0 atom stereocenters. The maximum absolute atomic E-state index is 12.5. The Morgan fingerprint density at radius 2 is 1.57 bits per heavy atom. The van der Waals surface area contributed by atoms with Crippen LogP contribution >= 0.6 is 0 Å². The lowest BCUT2D eigenvalue weighted by atomic mass is 10.1. The maximum atomic E-state index is 12.5. The van der Waals surface area contributed by atoms with Crippen molar-refractivity contribution in [3.05, 3.63) is 66.2 Å². The SMILES string of the molecule is CN(C)C/C(=N/Nc1ccccc1)C(=O)c1ccccc1. The fourth-order valence-electron chi connectivity index (χ4n) is 1.86. The van der Waals surface area contributed by atoms with E-state index in [0.717, 1.165) is 5.69 Å². The van der Waals surface area contributed by atoms with Gasteiger partial charge >= 0.3 is 0 Å². The molecule has 4 nitrogen and oxygen atoms in total. The summed E-state index contributed by atoms with van der Waals surface area (Å²) in [4.78, 5) is 14.4. The van der Waals surface area contributed by atoms with E-state index in [9.17, 15) is 4.79 Å². The van der Waals surface area contributed by atoms with Gasteiger partial charge in [-0.1, -0.05) is 48.5 Å². The van der Waals surface area contributed by atoms with Crippen molar-refractivity contribution in [2.75, 3.05) is 26.1 Å². The minimum absolute atomic E-state index is 0.0623. The number of carbonyl (C=O) groups excluding carboxylic acids is 1. The van der Waals surface area contributed by atoms with Crippen molar-refractivity contribution in [2.24, 2.45) is 5.10 Å². The summed E-state index contributed by atoms with van der Waals surface area (Å²) in [6, 6.07) is 18.8. The molecule has 4 heteroatoms. The first kappa shape index (κ1) is 14.9. The highest BCUT2D eigenvalue weighted by Crippen LogP contribution is 2.07. The number of rotatable bonds is 6. The highest BCUT2D eigenvalue weighted by molar-refractivity contribution is 6.46. The molecule has 0 saturated heterocycles. The van der Waals surface area contributed by atoms with Crippen LogP contribution in [0.1, 0.15) is 10.4 Å². The molecule has 2 aromatic rings. The quantitative estimate of drug-likeness (QED) is 0.503. The van der Waals surface area contributed by atoms with Crippen LogP contribution in [0.2, 0.25) is 0 Å². The van der Waals surface area contributed by atoms with Crippen molar-refractivity contribution in [3.8, 4) is 0 Å². The summed E-state index contributed by atoms with van der Waals surface area (Å²) in [7, 11) is 3.83. The Morgan fingerprint density at radius 1 is 1.00 bits per heavy atom. The summed E-state index contributed by atoms with van der Waals surface area (Å²) in [5.74, 6) is -0.0623. The van der Waals surface area contributed by atoms with Gasteiger partial charge in [-0.2, -0.15) is 5.10 Å². The van der Waals surface area contributed by atoms with Crippen LogP contribution in [-0.4, -0.2) is 37.0 Å². The van der Waals surface area contributed by atoms with Crippen LogP contribution in [0, 0.1) is 0 Å². The van der Waals surface area contributed by atoms with Gasteiger partial charge in [-0.3, -0.25) is 10.2 Å². The van der Waals surface area contributed by atoms with Crippen molar-refractivity contribution in [1.29, 1.82) is 0 Å². The van der Waals surface area contributed by atoms with Gasteiger partial charge in [0, 0.05) is 12.1 Å². The molecule has 0 fully saturated rings. The van der Waals surface area contributed by atoms with Gasteiger partial charge in [-0.05, 0) is 26.2 Å². The van der Waals surface area contributed by atoms with E-state index in [1.807, 2.05) is 67.5 Å². The number of Topliss-reactive ketones (excluding diaryl/α,β-unsaturated/α-hetero) is 1. The molecular formula is C17H19N3O. The number of hydrogen-bond donors (Lipinski definition) is 1. The lowest BCUT2D eigenvalue weighted by molar-refractivity contribution is 0.106. The standard InChI is InChI=1S/C17H19N3O/c1-20(2)13-16(17(21)14-9-5-3-6-10-14)19-18-15-11-7-4-8-12-15/h3-12,18H,13H2,1-2H3/b19-16-. The molecular weight excluding hydrogens is 262 g/mol. The zero-order valence-corrected chi connectivity index (χ0v) is 12.3. The van der Waals surface area contributed by atoms with Crippen LogP contribution < -0.4 is 5.43 Å². The summed E-state index contributed by atoms with van der Waals surface area (Å²) in [5, 5.41) is 4.29. The van der Waals surface area contributed by atoms with E-state index in [4.69, 9.17) is 0 Å². The molecule has 2 rings (SSSR count). The number of carbonyl (C=O) groups is 1. The number of para-hydroxylation sites is 1. The van der Waals surface area contributed by atoms with Crippen LogP contribution in [0.4, 0.5) is 5.69 Å². The topological polar surface area (TPSA) is 44.7 Å². The Morgan fingerprint density at radius 3 is 2.14 bits per heavy atom. The van der Waals surface area contributed by atoms with E-state index in [2.05, 4.69) is 10.5 Å². The largest absolute Gasteiger partial charge is 0.303 e. The molecule has 0 heterocycles. The average Bonchev–Trinajstić information content (AvgIpc) is 2.52. The van der Waals surface area contributed by atoms with E-state index in [1.54, 1.807) is 12.1 Å². The monoisotopic (exact) mass is 281 g/mol. The zero-order valence-electron chi connectivity index (χ0n) is 12.3. The molecule has 0 aliphatic carbocycles. The number of benzene rings is 2. The number of nitrogens with zero attached hydrogens (tertiary/aromatic N) is 2. The van der Waals surface area contributed by atoms with Crippen molar-refractivity contribution in [1.82, 2.24) is 4.90 Å². The van der Waals surface area contributed by atoms with E-state index < -0.39 is 0 Å². The Hall–Kier alpha value is -2.46. The molecule has 0 aliphatic heterocycles. The molecule has 0 radical (unpaired) electrons. The molecule has 1 N–H and O–H groups in total. The van der Waals surface area contributed by atoms with Crippen molar-refractivity contribution in [2.45, 2.75) is 0 Å².